The van der Waals surface area contributed by atoms with Gasteiger partial charge >= 0.3 is 5.97 Å². The highest BCUT2D eigenvalue weighted by molar-refractivity contribution is 6.07. The summed E-state index contributed by atoms with van der Waals surface area (Å²) in [6.45, 7) is 0.891. The maximum atomic E-state index is 12.4. The molecule has 0 spiro atoms. The largest absolute Gasteiger partial charge is 0.497 e. The molecule has 1 aromatic rings. The number of benzene rings is 1. The number of allylic oxidation sites excluding steroid dienone is 2. The third kappa shape index (κ3) is 4.29. The zero-order valence-corrected chi connectivity index (χ0v) is 17.0. The third-order valence-corrected chi connectivity index (χ3v) is 5.23. The van der Waals surface area contributed by atoms with Gasteiger partial charge in [-0.3, -0.25) is 24.1 Å². The van der Waals surface area contributed by atoms with Crippen LogP contribution in [-0.2, 0) is 23.9 Å². The van der Waals surface area contributed by atoms with Crippen LogP contribution in [0.1, 0.15) is 19.8 Å². The molecule has 9 heteroatoms. The summed E-state index contributed by atoms with van der Waals surface area (Å²) in [5, 5.41) is 2.62. The second-order valence-corrected chi connectivity index (χ2v) is 7.11. The van der Waals surface area contributed by atoms with Gasteiger partial charge < -0.3 is 19.5 Å². The van der Waals surface area contributed by atoms with Crippen molar-refractivity contribution in [2.75, 3.05) is 26.1 Å². The fourth-order valence-electron chi connectivity index (χ4n) is 3.59. The van der Waals surface area contributed by atoms with Gasteiger partial charge in [-0.2, -0.15) is 0 Å². The molecule has 1 fully saturated rings. The van der Waals surface area contributed by atoms with Crippen LogP contribution in [0, 0.1) is 11.8 Å². The molecule has 3 atom stereocenters. The summed E-state index contributed by atoms with van der Waals surface area (Å²) in [6, 6.07) is 4.88. The van der Waals surface area contributed by atoms with E-state index in [4.69, 9.17) is 14.2 Å². The van der Waals surface area contributed by atoms with Crippen molar-refractivity contribution in [3.05, 3.63) is 30.4 Å². The number of hydrogen-bond donors (Lipinski definition) is 1. The van der Waals surface area contributed by atoms with Gasteiger partial charge in [0.2, 0.25) is 11.8 Å². The Bertz CT molecular complexity index is 869. The lowest BCUT2D eigenvalue weighted by Crippen LogP contribution is -2.39. The Kier molecular flexibility index (Phi) is 6.39. The quantitative estimate of drug-likeness (QED) is 0.408. The van der Waals surface area contributed by atoms with Crippen LogP contribution >= 0.6 is 0 Å². The number of esters is 1. The Balaban J connectivity index is 1.59. The Labute approximate surface area is 174 Å². The van der Waals surface area contributed by atoms with Gasteiger partial charge in [0, 0.05) is 6.07 Å². The van der Waals surface area contributed by atoms with Gasteiger partial charge in [0.1, 0.15) is 18.0 Å². The monoisotopic (exact) mass is 416 g/mol. The average Bonchev–Trinajstić information content (AvgIpc) is 2.98. The number of likely N-dealkylation sites (tertiary alicyclic amines) is 1. The van der Waals surface area contributed by atoms with Gasteiger partial charge in [0.05, 0.1) is 31.7 Å². The summed E-state index contributed by atoms with van der Waals surface area (Å²) in [7, 11) is 2.95. The van der Waals surface area contributed by atoms with Gasteiger partial charge in [0.25, 0.3) is 5.91 Å². The molecule has 3 amide bonds. The second-order valence-electron chi connectivity index (χ2n) is 7.11. The highest BCUT2D eigenvalue weighted by Crippen LogP contribution is 2.35. The van der Waals surface area contributed by atoms with Crippen LogP contribution in [0.4, 0.5) is 5.69 Å². The van der Waals surface area contributed by atoms with Crippen LogP contribution in [0.15, 0.2) is 30.4 Å². The fourth-order valence-corrected chi connectivity index (χ4v) is 3.59. The van der Waals surface area contributed by atoms with Crippen LogP contribution in [0.25, 0.3) is 0 Å². The van der Waals surface area contributed by atoms with Crippen LogP contribution < -0.4 is 14.8 Å². The number of methoxy groups -OCH3 is 2. The zero-order chi connectivity index (χ0) is 21.8. The third-order valence-electron chi connectivity index (χ3n) is 5.23. The van der Waals surface area contributed by atoms with Crippen LogP contribution in [0.2, 0.25) is 0 Å². The van der Waals surface area contributed by atoms with Crippen molar-refractivity contribution < 1.29 is 33.4 Å². The maximum Gasteiger partial charge on any atom is 0.326 e. The molecule has 30 heavy (non-hydrogen) atoms. The number of rotatable bonds is 7. The van der Waals surface area contributed by atoms with Crippen molar-refractivity contribution in [2.24, 2.45) is 11.8 Å². The first-order valence-corrected chi connectivity index (χ1v) is 9.58. The molecule has 1 heterocycles. The summed E-state index contributed by atoms with van der Waals surface area (Å²) in [6.07, 6.45) is 3.57. The number of carbonyl (C=O) groups excluding carboxylic acids is 4. The van der Waals surface area contributed by atoms with Gasteiger partial charge in [-0.15, -0.1) is 0 Å². The highest BCUT2D eigenvalue weighted by atomic mass is 16.5. The SMILES string of the molecule is COc1ccc(OC)c(NC(=O)C(C)OC(=O)CN2C(=O)C3CC=CCC3C2=O)c1. The first-order valence-electron chi connectivity index (χ1n) is 9.58. The van der Waals surface area contributed by atoms with E-state index < -0.39 is 36.4 Å². The zero-order valence-electron chi connectivity index (χ0n) is 17.0. The van der Waals surface area contributed by atoms with Crippen LogP contribution in [0.3, 0.4) is 0 Å². The van der Waals surface area contributed by atoms with E-state index in [-0.39, 0.29) is 11.8 Å². The first-order chi connectivity index (χ1) is 14.3. The van der Waals surface area contributed by atoms with E-state index >= 15 is 0 Å². The smallest absolute Gasteiger partial charge is 0.326 e. The summed E-state index contributed by atoms with van der Waals surface area (Å²) in [4.78, 5) is 50.5. The lowest BCUT2D eigenvalue weighted by molar-refractivity contribution is -0.158. The number of carbonyl (C=O) groups is 4. The molecule has 0 saturated carbocycles. The Morgan fingerprint density at radius 2 is 1.73 bits per heavy atom. The second kappa shape index (κ2) is 8.98. The fraction of sp³-hybridized carbons (Fsp3) is 0.429. The highest BCUT2D eigenvalue weighted by Gasteiger charge is 2.47. The minimum Gasteiger partial charge on any atom is -0.497 e. The van der Waals surface area contributed by atoms with E-state index in [1.807, 2.05) is 12.2 Å². The molecule has 1 aromatic carbocycles. The predicted molar refractivity (Wildman–Crippen MR) is 106 cm³/mol. The molecule has 1 aliphatic carbocycles. The molecule has 160 valence electrons. The van der Waals surface area contributed by atoms with Crippen molar-refractivity contribution in [3.63, 3.8) is 0 Å². The van der Waals surface area contributed by atoms with Crippen molar-refractivity contribution >= 4 is 29.4 Å². The average molecular weight is 416 g/mol. The molecule has 0 radical (unpaired) electrons. The van der Waals surface area contributed by atoms with E-state index in [1.165, 1.54) is 21.1 Å². The van der Waals surface area contributed by atoms with Crippen molar-refractivity contribution in [3.8, 4) is 11.5 Å². The Morgan fingerprint density at radius 3 is 2.30 bits per heavy atom. The molecule has 9 nitrogen and oxygen atoms in total. The minimum atomic E-state index is -1.15. The summed E-state index contributed by atoms with van der Waals surface area (Å²) in [5.41, 5.74) is 0.353. The van der Waals surface area contributed by atoms with Crippen LogP contribution in [0.5, 0.6) is 11.5 Å². The van der Waals surface area contributed by atoms with Gasteiger partial charge in [-0.05, 0) is 31.9 Å². The number of fused-ring (bicyclic) bond motifs is 1. The Hall–Kier alpha value is -3.36. The molecule has 2 aliphatic rings. The number of ether oxygens (including phenoxy) is 3. The predicted octanol–water partition coefficient (Wildman–Crippen LogP) is 1.53. The normalized spacial score (nSPS) is 21.1. The number of anilines is 1. The number of nitrogens with zero attached hydrogens (tertiary/aromatic N) is 1. The maximum absolute atomic E-state index is 12.4. The molecule has 1 saturated heterocycles. The van der Waals surface area contributed by atoms with Gasteiger partial charge in [-0.25, -0.2) is 0 Å². The van der Waals surface area contributed by atoms with Crippen LogP contribution in [-0.4, -0.2) is 55.5 Å². The van der Waals surface area contributed by atoms with Crippen molar-refractivity contribution in [2.45, 2.75) is 25.9 Å². The van der Waals surface area contributed by atoms with E-state index in [0.29, 0.717) is 30.0 Å². The number of imide groups is 1. The minimum absolute atomic E-state index is 0.353. The van der Waals surface area contributed by atoms with Crippen molar-refractivity contribution in [1.82, 2.24) is 4.90 Å². The first kappa shape index (κ1) is 21.4. The lowest BCUT2D eigenvalue weighted by atomic mass is 9.85. The molecule has 0 aromatic heterocycles. The van der Waals surface area contributed by atoms with E-state index in [9.17, 15) is 19.2 Å². The van der Waals surface area contributed by atoms with Gasteiger partial charge in [0.15, 0.2) is 6.10 Å². The van der Waals surface area contributed by atoms with E-state index in [0.717, 1.165) is 4.90 Å². The molecular weight excluding hydrogens is 392 g/mol. The summed E-state index contributed by atoms with van der Waals surface area (Å²) >= 11 is 0. The number of hydrogen-bond acceptors (Lipinski definition) is 7. The summed E-state index contributed by atoms with van der Waals surface area (Å²) < 4.78 is 15.5. The molecule has 3 rings (SSSR count). The Morgan fingerprint density at radius 1 is 1.10 bits per heavy atom. The lowest BCUT2D eigenvalue weighted by Gasteiger charge is -2.18. The summed E-state index contributed by atoms with van der Waals surface area (Å²) in [5.74, 6) is -2.08. The standard InChI is InChI=1S/C21H24N2O7/c1-12(19(25)22-16-10-13(28-2)8-9-17(16)29-3)30-18(24)11-23-20(26)14-6-4-5-7-15(14)21(23)27/h4-5,8-10,12,14-15H,6-7,11H2,1-3H3,(H,22,25). The topological polar surface area (TPSA) is 111 Å². The molecule has 1 aliphatic heterocycles. The van der Waals surface area contributed by atoms with Gasteiger partial charge in [-0.1, -0.05) is 12.2 Å². The van der Waals surface area contributed by atoms with E-state index in [1.54, 1.807) is 18.2 Å². The number of amides is 3. The molecule has 1 N–H and O–H groups in total. The molecular formula is C21H24N2O7. The molecule has 0 bridgehead atoms. The number of nitrogens with one attached hydrogen (secondary N) is 1. The van der Waals surface area contributed by atoms with Crippen molar-refractivity contribution in [1.29, 1.82) is 0 Å². The van der Waals surface area contributed by atoms with E-state index in [2.05, 4.69) is 5.32 Å². The molecule has 3 unspecified atom stereocenters.